The zero-order valence-corrected chi connectivity index (χ0v) is 14.2. The van der Waals surface area contributed by atoms with Crippen molar-refractivity contribution in [2.45, 2.75) is 57.6 Å². The minimum Gasteiger partial charge on any atom is -0.378 e. The average Bonchev–Trinajstić information content (AvgIpc) is 2.28. The third-order valence-corrected chi connectivity index (χ3v) is 4.50. The first-order valence-electron chi connectivity index (χ1n) is 6.70. The second-order valence-corrected chi connectivity index (χ2v) is 7.96. The fraction of sp³-hybridized carbons (Fsp3) is 0.500. The van der Waals surface area contributed by atoms with Crippen LogP contribution in [-0.2, 0) is 10.0 Å². The Kier molecular flexibility index (Phi) is 4.89. The lowest BCUT2D eigenvalue weighted by atomic mass is 10.1. The molecule has 0 spiro atoms. The Morgan fingerprint density at radius 1 is 1.10 bits per heavy atom. The van der Waals surface area contributed by atoms with E-state index in [4.69, 9.17) is 0 Å². The van der Waals surface area contributed by atoms with Gasteiger partial charge in [0.05, 0.1) is 10.4 Å². The van der Waals surface area contributed by atoms with Crippen molar-refractivity contribution in [3.63, 3.8) is 0 Å². The number of aliphatic hydroxyl groups is 1. The van der Waals surface area contributed by atoms with E-state index >= 15 is 0 Å². The van der Waals surface area contributed by atoms with Crippen molar-refractivity contribution in [1.29, 1.82) is 0 Å². The minimum absolute atomic E-state index is 0.251. The highest BCUT2D eigenvalue weighted by Gasteiger charge is 2.26. The summed E-state index contributed by atoms with van der Waals surface area (Å²) < 4.78 is 27.6. The van der Waals surface area contributed by atoms with Gasteiger partial charge in [-0.2, -0.15) is 4.72 Å². The Morgan fingerprint density at radius 3 is 2.19 bits per heavy atom. The predicted molar refractivity (Wildman–Crippen MR) is 84.4 cm³/mol. The molecule has 1 aromatic carbocycles. The lowest BCUT2D eigenvalue weighted by molar-refractivity contribution is 0.143. The molecule has 1 rings (SSSR count). The van der Waals surface area contributed by atoms with E-state index < -0.39 is 21.2 Å². The number of aryl methyl sites for hydroxylation is 2. The lowest BCUT2D eigenvalue weighted by Gasteiger charge is -2.21. The van der Waals surface area contributed by atoms with Gasteiger partial charge in [-0.15, -0.1) is 0 Å². The molecule has 0 saturated carbocycles. The van der Waals surface area contributed by atoms with Gasteiger partial charge in [-0.1, -0.05) is 24.0 Å². The van der Waals surface area contributed by atoms with Gasteiger partial charge in [-0.3, -0.25) is 0 Å². The topological polar surface area (TPSA) is 66.4 Å². The highest BCUT2D eigenvalue weighted by Crippen LogP contribution is 2.18. The van der Waals surface area contributed by atoms with E-state index in [-0.39, 0.29) is 4.90 Å². The number of benzene rings is 1. The molecule has 0 atom stereocenters. The van der Waals surface area contributed by atoms with Crippen LogP contribution in [0.3, 0.4) is 0 Å². The van der Waals surface area contributed by atoms with E-state index in [1.54, 1.807) is 46.8 Å². The molecule has 4 nitrogen and oxygen atoms in total. The van der Waals surface area contributed by atoms with Gasteiger partial charge >= 0.3 is 0 Å². The van der Waals surface area contributed by atoms with Crippen molar-refractivity contribution >= 4 is 10.0 Å². The van der Waals surface area contributed by atoms with Crippen LogP contribution in [-0.4, -0.2) is 24.7 Å². The Balaban J connectivity index is 3.15. The quantitative estimate of drug-likeness (QED) is 0.841. The fourth-order valence-electron chi connectivity index (χ4n) is 1.72. The first kappa shape index (κ1) is 17.7. The van der Waals surface area contributed by atoms with Crippen LogP contribution in [0.15, 0.2) is 23.1 Å². The highest BCUT2D eigenvalue weighted by molar-refractivity contribution is 7.89. The van der Waals surface area contributed by atoms with Crippen LogP contribution in [0, 0.1) is 25.7 Å². The van der Waals surface area contributed by atoms with E-state index in [2.05, 4.69) is 16.6 Å². The lowest BCUT2D eigenvalue weighted by Crippen LogP contribution is -2.42. The van der Waals surface area contributed by atoms with Gasteiger partial charge in [-0.05, 0) is 58.7 Å². The Bertz CT molecular complexity index is 686. The van der Waals surface area contributed by atoms with Gasteiger partial charge in [0.25, 0.3) is 0 Å². The fourth-order valence-corrected chi connectivity index (χ4v) is 3.39. The van der Waals surface area contributed by atoms with Crippen molar-refractivity contribution in [3.05, 3.63) is 29.3 Å². The summed E-state index contributed by atoms with van der Waals surface area (Å²) in [5, 5.41) is 9.63. The first-order valence-corrected chi connectivity index (χ1v) is 8.19. The molecule has 5 heteroatoms. The molecule has 0 aliphatic carbocycles. The Hall–Kier alpha value is -1.35. The highest BCUT2D eigenvalue weighted by atomic mass is 32.2. The average molecular weight is 309 g/mol. The molecular weight excluding hydrogens is 286 g/mol. The summed E-state index contributed by atoms with van der Waals surface area (Å²) in [4.78, 5) is 0.251. The molecule has 116 valence electrons. The van der Waals surface area contributed by atoms with E-state index in [0.29, 0.717) is 5.56 Å². The summed E-state index contributed by atoms with van der Waals surface area (Å²) in [5.41, 5.74) is -0.586. The van der Waals surface area contributed by atoms with E-state index in [1.807, 2.05) is 13.0 Å². The minimum atomic E-state index is -3.67. The zero-order chi connectivity index (χ0) is 16.5. The van der Waals surface area contributed by atoms with Gasteiger partial charge in [0.2, 0.25) is 10.0 Å². The smallest absolute Gasteiger partial charge is 0.242 e. The number of hydrogen-bond acceptors (Lipinski definition) is 3. The van der Waals surface area contributed by atoms with Crippen molar-refractivity contribution < 1.29 is 13.5 Å². The van der Waals surface area contributed by atoms with E-state index in [1.165, 1.54) is 0 Å². The molecule has 0 heterocycles. The normalized spacial score (nSPS) is 12.7. The number of hydrogen-bond donors (Lipinski definition) is 2. The molecule has 2 N–H and O–H groups in total. The molecule has 0 fully saturated rings. The summed E-state index contributed by atoms with van der Waals surface area (Å²) in [7, 11) is -3.67. The molecule has 0 bridgehead atoms. The maximum atomic E-state index is 12.5. The monoisotopic (exact) mass is 309 g/mol. The summed E-state index contributed by atoms with van der Waals surface area (Å²) >= 11 is 0. The molecule has 0 aliphatic rings. The molecule has 21 heavy (non-hydrogen) atoms. The molecule has 0 unspecified atom stereocenters. The predicted octanol–water partition coefficient (Wildman–Crippen LogP) is 2.13. The largest absolute Gasteiger partial charge is 0.378 e. The summed E-state index contributed by atoms with van der Waals surface area (Å²) in [6, 6.07) is 5.28. The van der Waals surface area contributed by atoms with Crippen molar-refractivity contribution in [1.82, 2.24) is 4.72 Å². The van der Waals surface area contributed by atoms with Crippen molar-refractivity contribution in [2.75, 3.05) is 0 Å². The van der Waals surface area contributed by atoms with Gasteiger partial charge in [-0.25, -0.2) is 8.42 Å². The standard InChI is InChI=1S/C16H23NO3S/c1-12-7-8-13(2)14(11-12)21(19,20)17-15(3,4)9-10-16(5,6)18/h7-8,11,17-18H,1-6H3. The van der Waals surface area contributed by atoms with Crippen molar-refractivity contribution in [3.8, 4) is 11.8 Å². The van der Waals surface area contributed by atoms with Crippen molar-refractivity contribution in [2.24, 2.45) is 0 Å². The molecule has 0 amide bonds. The number of sulfonamides is 1. The number of rotatable bonds is 3. The molecule has 0 aliphatic heterocycles. The summed E-state index contributed by atoms with van der Waals surface area (Å²) in [6.07, 6.45) is 0. The van der Waals surface area contributed by atoms with Crippen LogP contribution in [0.4, 0.5) is 0 Å². The van der Waals surface area contributed by atoms with Crippen LogP contribution in [0.25, 0.3) is 0 Å². The third kappa shape index (κ3) is 5.50. The molecular formula is C16H23NO3S. The third-order valence-electron chi connectivity index (χ3n) is 2.70. The molecule has 0 radical (unpaired) electrons. The second kappa shape index (κ2) is 5.80. The van der Waals surface area contributed by atoms with Gasteiger partial charge in [0, 0.05) is 0 Å². The SMILES string of the molecule is Cc1ccc(C)c(S(=O)(=O)NC(C)(C)C#CC(C)(C)O)c1. The maximum absolute atomic E-state index is 12.5. The molecule has 1 aromatic rings. The van der Waals surface area contributed by atoms with Gasteiger partial charge in [0.15, 0.2) is 0 Å². The van der Waals surface area contributed by atoms with E-state index in [0.717, 1.165) is 5.56 Å². The summed E-state index contributed by atoms with van der Waals surface area (Å²) in [5.74, 6) is 5.41. The molecule has 0 aromatic heterocycles. The first-order chi connectivity index (χ1) is 9.32. The van der Waals surface area contributed by atoms with Gasteiger partial charge < -0.3 is 5.11 Å². The second-order valence-electron chi connectivity index (χ2n) is 6.31. The Morgan fingerprint density at radius 2 is 1.67 bits per heavy atom. The Labute approximate surface area is 127 Å². The molecule has 0 saturated heterocycles. The van der Waals surface area contributed by atoms with Crippen LogP contribution in [0.1, 0.15) is 38.8 Å². The van der Waals surface area contributed by atoms with Crippen LogP contribution in [0.2, 0.25) is 0 Å². The van der Waals surface area contributed by atoms with Crippen LogP contribution >= 0.6 is 0 Å². The van der Waals surface area contributed by atoms with E-state index in [9.17, 15) is 13.5 Å². The van der Waals surface area contributed by atoms with Crippen LogP contribution < -0.4 is 4.72 Å². The summed E-state index contributed by atoms with van der Waals surface area (Å²) in [6.45, 7) is 10.0. The number of nitrogens with one attached hydrogen (secondary N) is 1. The maximum Gasteiger partial charge on any atom is 0.242 e. The van der Waals surface area contributed by atoms with Gasteiger partial charge in [0.1, 0.15) is 5.60 Å². The van der Waals surface area contributed by atoms with Crippen LogP contribution in [0.5, 0.6) is 0 Å². The zero-order valence-electron chi connectivity index (χ0n) is 13.4.